The van der Waals surface area contributed by atoms with Crippen LogP contribution in [0.3, 0.4) is 0 Å². The molecule has 0 bridgehead atoms. The van der Waals surface area contributed by atoms with E-state index in [0.29, 0.717) is 32.8 Å². The maximum Gasteiger partial charge on any atom is 0.220 e. The number of hydrogen-bond acceptors (Lipinski definition) is 3. The van der Waals surface area contributed by atoms with E-state index >= 15 is 0 Å². The van der Waals surface area contributed by atoms with Crippen molar-refractivity contribution in [2.45, 2.75) is 71.6 Å². The van der Waals surface area contributed by atoms with Gasteiger partial charge in [0.1, 0.15) is 0 Å². The first-order valence-corrected chi connectivity index (χ1v) is 8.73. The number of nitrogens with one attached hydrogen (secondary N) is 1. The third kappa shape index (κ3) is 17.3. The minimum Gasteiger partial charge on any atom is -0.379 e. The predicted molar refractivity (Wildman–Crippen MR) is 87.5 cm³/mol. The van der Waals surface area contributed by atoms with Gasteiger partial charge in [0.25, 0.3) is 0 Å². The van der Waals surface area contributed by atoms with Crippen molar-refractivity contribution in [3.8, 4) is 0 Å². The number of unbranched alkanes of at least 4 members (excludes halogenated alkanes) is 7. The van der Waals surface area contributed by atoms with Crippen LogP contribution in [0.4, 0.5) is 0 Å². The summed E-state index contributed by atoms with van der Waals surface area (Å²) >= 11 is 0. The Bertz CT molecular complexity index is 222. The summed E-state index contributed by atoms with van der Waals surface area (Å²) in [6.07, 6.45) is 10.8. The summed E-state index contributed by atoms with van der Waals surface area (Å²) in [4.78, 5) is 11.6. The van der Waals surface area contributed by atoms with E-state index in [-0.39, 0.29) is 5.91 Å². The van der Waals surface area contributed by atoms with Crippen molar-refractivity contribution >= 4 is 5.91 Å². The van der Waals surface area contributed by atoms with Crippen LogP contribution in [0.25, 0.3) is 0 Å². The Morgan fingerprint density at radius 3 is 2.10 bits per heavy atom. The van der Waals surface area contributed by atoms with Gasteiger partial charge in [-0.3, -0.25) is 4.79 Å². The van der Waals surface area contributed by atoms with Crippen LogP contribution in [0, 0.1) is 0 Å². The molecule has 0 saturated carbocycles. The molecule has 0 saturated heterocycles. The van der Waals surface area contributed by atoms with Gasteiger partial charge in [-0.2, -0.15) is 0 Å². The highest BCUT2D eigenvalue weighted by atomic mass is 16.5. The van der Waals surface area contributed by atoms with E-state index in [9.17, 15) is 4.79 Å². The number of carbonyl (C=O) groups is 1. The molecule has 0 aromatic heterocycles. The van der Waals surface area contributed by atoms with Gasteiger partial charge < -0.3 is 14.8 Å². The first kappa shape index (κ1) is 20.4. The van der Waals surface area contributed by atoms with Crippen molar-refractivity contribution < 1.29 is 14.3 Å². The molecule has 21 heavy (non-hydrogen) atoms. The van der Waals surface area contributed by atoms with Crippen molar-refractivity contribution in [2.75, 3.05) is 33.0 Å². The maximum absolute atomic E-state index is 11.6. The van der Waals surface area contributed by atoms with Crippen LogP contribution in [0.5, 0.6) is 0 Å². The van der Waals surface area contributed by atoms with Crippen molar-refractivity contribution in [3.05, 3.63) is 0 Å². The molecule has 4 nitrogen and oxygen atoms in total. The fraction of sp³-hybridized carbons (Fsp3) is 0.941. The first-order valence-electron chi connectivity index (χ1n) is 8.73. The fourth-order valence-corrected chi connectivity index (χ4v) is 2.13. The molecular formula is C17H35NO3. The van der Waals surface area contributed by atoms with E-state index in [1.807, 2.05) is 6.92 Å². The highest BCUT2D eigenvalue weighted by molar-refractivity contribution is 5.75. The number of hydrogen-bond donors (Lipinski definition) is 1. The number of carbonyl (C=O) groups excluding carboxylic acids is 1. The van der Waals surface area contributed by atoms with Crippen LogP contribution in [0.15, 0.2) is 0 Å². The van der Waals surface area contributed by atoms with E-state index in [1.54, 1.807) is 0 Å². The SMILES string of the molecule is CCCCCCCCCCC(=O)NCCOCCOCC. The van der Waals surface area contributed by atoms with Gasteiger partial charge in [-0.05, 0) is 13.3 Å². The highest BCUT2D eigenvalue weighted by Crippen LogP contribution is 2.09. The zero-order valence-corrected chi connectivity index (χ0v) is 14.1. The van der Waals surface area contributed by atoms with Crippen LogP contribution < -0.4 is 5.32 Å². The quantitative estimate of drug-likeness (QED) is 0.442. The molecule has 0 aliphatic rings. The number of ether oxygens (including phenoxy) is 2. The Balaban J connectivity index is 3.13. The molecule has 0 radical (unpaired) electrons. The van der Waals surface area contributed by atoms with Gasteiger partial charge in [0, 0.05) is 19.6 Å². The Morgan fingerprint density at radius 1 is 0.810 bits per heavy atom. The number of amides is 1. The van der Waals surface area contributed by atoms with E-state index < -0.39 is 0 Å². The third-order valence-electron chi connectivity index (χ3n) is 3.40. The minimum absolute atomic E-state index is 0.148. The van der Waals surface area contributed by atoms with Gasteiger partial charge in [-0.1, -0.05) is 51.9 Å². The molecule has 126 valence electrons. The van der Waals surface area contributed by atoms with Crippen LogP contribution in [-0.4, -0.2) is 38.9 Å². The molecule has 1 amide bonds. The third-order valence-corrected chi connectivity index (χ3v) is 3.40. The molecule has 0 unspecified atom stereocenters. The first-order chi connectivity index (χ1) is 10.3. The Morgan fingerprint density at radius 2 is 1.43 bits per heavy atom. The van der Waals surface area contributed by atoms with Crippen LogP contribution in [0.1, 0.15) is 71.6 Å². The predicted octanol–water partition coefficient (Wildman–Crippen LogP) is 3.69. The largest absolute Gasteiger partial charge is 0.379 e. The number of rotatable bonds is 16. The molecule has 0 aromatic rings. The monoisotopic (exact) mass is 301 g/mol. The summed E-state index contributed by atoms with van der Waals surface area (Å²) in [5.74, 6) is 0.148. The Labute approximate surface area is 131 Å². The minimum atomic E-state index is 0.148. The molecule has 1 N–H and O–H groups in total. The van der Waals surface area contributed by atoms with Gasteiger partial charge in [0.05, 0.1) is 19.8 Å². The van der Waals surface area contributed by atoms with Crippen LogP contribution >= 0.6 is 0 Å². The summed E-state index contributed by atoms with van der Waals surface area (Å²) in [6, 6.07) is 0. The second-order valence-corrected chi connectivity index (χ2v) is 5.38. The van der Waals surface area contributed by atoms with Gasteiger partial charge >= 0.3 is 0 Å². The summed E-state index contributed by atoms with van der Waals surface area (Å²) in [5.41, 5.74) is 0. The molecule has 4 heteroatoms. The lowest BCUT2D eigenvalue weighted by atomic mass is 10.1. The second kappa shape index (κ2) is 17.4. The molecule has 0 spiro atoms. The van der Waals surface area contributed by atoms with E-state index in [0.717, 1.165) is 13.0 Å². The average molecular weight is 301 g/mol. The highest BCUT2D eigenvalue weighted by Gasteiger charge is 2.00. The molecule has 0 fully saturated rings. The second-order valence-electron chi connectivity index (χ2n) is 5.38. The molecule has 0 aromatic carbocycles. The van der Waals surface area contributed by atoms with Crippen molar-refractivity contribution in [2.24, 2.45) is 0 Å². The topological polar surface area (TPSA) is 47.6 Å². The van der Waals surface area contributed by atoms with Gasteiger partial charge in [0.2, 0.25) is 5.91 Å². The maximum atomic E-state index is 11.6. The summed E-state index contributed by atoms with van der Waals surface area (Å²) in [7, 11) is 0. The Kier molecular flexibility index (Phi) is 16.9. The van der Waals surface area contributed by atoms with Crippen molar-refractivity contribution in [3.63, 3.8) is 0 Å². The van der Waals surface area contributed by atoms with Crippen LogP contribution in [0.2, 0.25) is 0 Å². The zero-order valence-electron chi connectivity index (χ0n) is 14.1. The van der Waals surface area contributed by atoms with E-state index in [2.05, 4.69) is 12.2 Å². The van der Waals surface area contributed by atoms with Crippen molar-refractivity contribution in [1.82, 2.24) is 5.32 Å². The van der Waals surface area contributed by atoms with E-state index in [1.165, 1.54) is 44.9 Å². The van der Waals surface area contributed by atoms with E-state index in [4.69, 9.17) is 9.47 Å². The normalized spacial score (nSPS) is 10.8. The fourth-order valence-electron chi connectivity index (χ4n) is 2.13. The summed E-state index contributed by atoms with van der Waals surface area (Å²) in [5, 5.41) is 2.89. The van der Waals surface area contributed by atoms with Gasteiger partial charge in [-0.15, -0.1) is 0 Å². The molecule has 0 aliphatic heterocycles. The Hall–Kier alpha value is -0.610. The smallest absolute Gasteiger partial charge is 0.220 e. The zero-order chi connectivity index (χ0) is 15.6. The molecule has 0 aliphatic carbocycles. The standard InChI is InChI=1S/C17H35NO3/c1-3-5-6-7-8-9-10-11-12-17(19)18-13-14-21-16-15-20-4-2/h3-16H2,1-2H3,(H,18,19). The van der Waals surface area contributed by atoms with Crippen molar-refractivity contribution in [1.29, 1.82) is 0 Å². The van der Waals surface area contributed by atoms with Crippen LogP contribution in [-0.2, 0) is 14.3 Å². The summed E-state index contributed by atoms with van der Waals surface area (Å²) in [6.45, 7) is 7.31. The lowest BCUT2D eigenvalue weighted by Crippen LogP contribution is -2.27. The molecule has 0 rings (SSSR count). The average Bonchev–Trinajstić information content (AvgIpc) is 2.49. The van der Waals surface area contributed by atoms with Gasteiger partial charge in [0.15, 0.2) is 0 Å². The lowest BCUT2D eigenvalue weighted by Gasteiger charge is -2.06. The molecule has 0 atom stereocenters. The molecular weight excluding hydrogens is 266 g/mol. The summed E-state index contributed by atoms with van der Waals surface area (Å²) < 4.78 is 10.5. The van der Waals surface area contributed by atoms with Gasteiger partial charge in [-0.25, -0.2) is 0 Å². The molecule has 0 heterocycles. The lowest BCUT2D eigenvalue weighted by molar-refractivity contribution is -0.121.